The highest BCUT2D eigenvalue weighted by molar-refractivity contribution is 5.96. The Balaban J connectivity index is 2.89. The summed E-state index contributed by atoms with van der Waals surface area (Å²) in [5.74, 6) is 4.93. The third-order valence-electron chi connectivity index (χ3n) is 2.78. The molecule has 2 amide bonds. The van der Waals surface area contributed by atoms with Gasteiger partial charge >= 0.3 is 0 Å². The minimum absolute atomic E-state index is 0.0143. The van der Waals surface area contributed by atoms with Gasteiger partial charge in [0.25, 0.3) is 5.91 Å². The average Bonchev–Trinajstić information content (AvgIpc) is 2.44. The fraction of sp³-hybridized carbons (Fsp3) is 0.333. The maximum atomic E-state index is 12.1. The maximum absolute atomic E-state index is 12.1. The number of hydrogen-bond acceptors (Lipinski definition) is 3. The fourth-order valence-corrected chi connectivity index (χ4v) is 1.66. The van der Waals surface area contributed by atoms with Crippen molar-refractivity contribution in [2.45, 2.75) is 6.92 Å². The van der Waals surface area contributed by atoms with E-state index in [0.29, 0.717) is 5.56 Å². The van der Waals surface area contributed by atoms with Crippen LogP contribution in [0.4, 0.5) is 0 Å². The van der Waals surface area contributed by atoms with Crippen molar-refractivity contribution < 1.29 is 14.7 Å². The highest BCUT2D eigenvalue weighted by Gasteiger charge is 2.14. The maximum Gasteiger partial charge on any atom is 0.254 e. The number of hydrogen-bond donors (Lipinski definition) is 2. The van der Waals surface area contributed by atoms with Gasteiger partial charge in [-0.15, -0.1) is 0 Å². The van der Waals surface area contributed by atoms with Crippen LogP contribution in [0.3, 0.4) is 0 Å². The summed E-state index contributed by atoms with van der Waals surface area (Å²) in [6.07, 6.45) is 0. The first-order valence-corrected chi connectivity index (χ1v) is 6.16. The molecule has 0 spiro atoms. The zero-order chi connectivity index (χ0) is 15.1. The third-order valence-corrected chi connectivity index (χ3v) is 2.78. The summed E-state index contributed by atoms with van der Waals surface area (Å²) in [7, 11) is 3.10. The molecule has 20 heavy (non-hydrogen) atoms. The normalized spacial score (nSPS) is 9.40. The van der Waals surface area contributed by atoms with Crippen molar-refractivity contribution in [1.29, 1.82) is 0 Å². The smallest absolute Gasteiger partial charge is 0.254 e. The van der Waals surface area contributed by atoms with Crippen molar-refractivity contribution in [3.05, 3.63) is 34.9 Å². The minimum Gasteiger partial charge on any atom is -0.384 e. The number of aryl methyl sites for hydroxylation is 1. The number of benzene rings is 1. The van der Waals surface area contributed by atoms with Crippen LogP contribution >= 0.6 is 0 Å². The Labute approximate surface area is 118 Å². The molecule has 0 heterocycles. The van der Waals surface area contributed by atoms with Crippen LogP contribution in [-0.2, 0) is 4.79 Å². The lowest BCUT2D eigenvalue weighted by Gasteiger charge is -2.16. The second-order valence-corrected chi connectivity index (χ2v) is 4.32. The Morgan fingerprint density at radius 3 is 2.65 bits per heavy atom. The highest BCUT2D eigenvalue weighted by atomic mass is 16.2. The summed E-state index contributed by atoms with van der Waals surface area (Å²) in [6, 6.07) is 5.13. The zero-order valence-electron chi connectivity index (χ0n) is 11.9. The van der Waals surface area contributed by atoms with E-state index in [1.807, 2.05) is 6.92 Å². The van der Waals surface area contributed by atoms with Gasteiger partial charge in [0.15, 0.2) is 0 Å². The van der Waals surface area contributed by atoms with E-state index in [0.717, 1.165) is 11.1 Å². The van der Waals surface area contributed by atoms with Crippen LogP contribution in [-0.4, -0.2) is 49.1 Å². The summed E-state index contributed by atoms with van der Waals surface area (Å²) in [6.45, 7) is 1.66. The first-order chi connectivity index (χ1) is 9.49. The van der Waals surface area contributed by atoms with Crippen LogP contribution in [0.15, 0.2) is 18.2 Å². The van der Waals surface area contributed by atoms with Crippen molar-refractivity contribution in [3.63, 3.8) is 0 Å². The van der Waals surface area contributed by atoms with E-state index >= 15 is 0 Å². The lowest BCUT2D eigenvalue weighted by Crippen LogP contribution is -2.36. The highest BCUT2D eigenvalue weighted by Crippen LogP contribution is 2.11. The largest absolute Gasteiger partial charge is 0.384 e. The Morgan fingerprint density at radius 2 is 2.10 bits per heavy atom. The summed E-state index contributed by atoms with van der Waals surface area (Å²) in [4.78, 5) is 24.7. The molecule has 0 atom stereocenters. The van der Waals surface area contributed by atoms with E-state index < -0.39 is 0 Å². The Hall–Kier alpha value is -2.32. The number of aliphatic hydroxyl groups is 1. The molecule has 2 N–H and O–H groups in total. The lowest BCUT2D eigenvalue weighted by atomic mass is 10.0. The predicted octanol–water partition coefficient (Wildman–Crippen LogP) is 0.157. The zero-order valence-corrected chi connectivity index (χ0v) is 11.9. The van der Waals surface area contributed by atoms with Gasteiger partial charge in [0.2, 0.25) is 5.91 Å². The van der Waals surface area contributed by atoms with Crippen LogP contribution in [0, 0.1) is 18.8 Å². The molecule has 1 aromatic rings. The molecule has 0 aliphatic rings. The molecular formula is C15H18N2O3. The van der Waals surface area contributed by atoms with E-state index in [1.165, 1.54) is 11.9 Å². The van der Waals surface area contributed by atoms with Crippen molar-refractivity contribution in [2.24, 2.45) is 0 Å². The van der Waals surface area contributed by atoms with E-state index in [2.05, 4.69) is 17.2 Å². The quantitative estimate of drug-likeness (QED) is 0.771. The molecule has 0 bridgehead atoms. The van der Waals surface area contributed by atoms with Crippen molar-refractivity contribution in [1.82, 2.24) is 10.2 Å². The number of likely N-dealkylation sites (N-methyl/N-ethyl adjacent to an activating group) is 2. The molecule has 1 aromatic carbocycles. The lowest BCUT2D eigenvalue weighted by molar-refractivity contribution is -0.121. The Bertz CT molecular complexity index is 570. The molecule has 0 aromatic heterocycles. The van der Waals surface area contributed by atoms with Gasteiger partial charge in [0.1, 0.15) is 6.61 Å². The third kappa shape index (κ3) is 4.11. The number of aliphatic hydroxyl groups excluding tert-OH is 1. The monoisotopic (exact) mass is 274 g/mol. The number of amides is 2. The summed E-state index contributed by atoms with van der Waals surface area (Å²) < 4.78 is 0. The van der Waals surface area contributed by atoms with Gasteiger partial charge in [-0.3, -0.25) is 9.59 Å². The fourth-order valence-electron chi connectivity index (χ4n) is 1.66. The number of nitrogens with one attached hydrogen (secondary N) is 1. The van der Waals surface area contributed by atoms with Crippen molar-refractivity contribution >= 4 is 11.8 Å². The van der Waals surface area contributed by atoms with E-state index in [4.69, 9.17) is 5.11 Å². The second-order valence-electron chi connectivity index (χ2n) is 4.32. The number of rotatable bonds is 3. The second kappa shape index (κ2) is 7.31. The minimum atomic E-state index is -0.224. The van der Waals surface area contributed by atoms with E-state index in [1.54, 1.807) is 25.2 Å². The Morgan fingerprint density at radius 1 is 1.40 bits per heavy atom. The van der Waals surface area contributed by atoms with Crippen LogP contribution in [0.1, 0.15) is 21.5 Å². The van der Waals surface area contributed by atoms with Crippen molar-refractivity contribution in [2.75, 3.05) is 27.2 Å². The summed E-state index contributed by atoms with van der Waals surface area (Å²) in [5, 5.41) is 11.1. The van der Waals surface area contributed by atoms with E-state index in [-0.39, 0.29) is 25.0 Å². The molecule has 0 aliphatic heterocycles. The van der Waals surface area contributed by atoms with Gasteiger partial charge in [-0.1, -0.05) is 11.8 Å². The van der Waals surface area contributed by atoms with Crippen LogP contribution < -0.4 is 5.32 Å². The first kappa shape index (κ1) is 15.7. The van der Waals surface area contributed by atoms with Gasteiger partial charge in [-0.2, -0.15) is 0 Å². The van der Waals surface area contributed by atoms with Gasteiger partial charge in [-0.05, 0) is 30.7 Å². The molecule has 0 aliphatic carbocycles. The molecular weight excluding hydrogens is 256 g/mol. The molecule has 0 saturated carbocycles. The summed E-state index contributed by atoms with van der Waals surface area (Å²) in [5.41, 5.74) is 2.12. The first-order valence-electron chi connectivity index (χ1n) is 6.16. The topological polar surface area (TPSA) is 69.6 Å². The van der Waals surface area contributed by atoms with Crippen LogP contribution in [0.5, 0.6) is 0 Å². The van der Waals surface area contributed by atoms with Gasteiger partial charge < -0.3 is 15.3 Å². The standard InChI is InChI=1S/C15H18N2O3/c1-11-9-13(7-6-12(11)5-4-8-18)15(20)17(3)10-14(19)16-2/h6-7,9,18H,8,10H2,1-3H3,(H,16,19). The van der Waals surface area contributed by atoms with Gasteiger partial charge in [0, 0.05) is 25.2 Å². The van der Waals surface area contributed by atoms with Crippen LogP contribution in [0.25, 0.3) is 0 Å². The molecule has 0 unspecified atom stereocenters. The van der Waals surface area contributed by atoms with Crippen molar-refractivity contribution in [3.8, 4) is 11.8 Å². The van der Waals surface area contributed by atoms with Gasteiger partial charge in [-0.25, -0.2) is 0 Å². The number of carbonyl (C=O) groups is 2. The molecule has 5 nitrogen and oxygen atoms in total. The molecule has 5 heteroatoms. The molecule has 106 valence electrons. The van der Waals surface area contributed by atoms with Gasteiger partial charge in [0.05, 0.1) is 6.54 Å². The van der Waals surface area contributed by atoms with E-state index in [9.17, 15) is 9.59 Å². The molecule has 0 radical (unpaired) electrons. The average molecular weight is 274 g/mol. The predicted molar refractivity (Wildman–Crippen MR) is 76.2 cm³/mol. The number of carbonyl (C=O) groups excluding carboxylic acids is 2. The SMILES string of the molecule is CNC(=O)CN(C)C(=O)c1ccc(C#CCO)c(C)c1. The summed E-state index contributed by atoms with van der Waals surface area (Å²) >= 11 is 0. The molecule has 0 saturated heterocycles. The molecule has 0 fully saturated rings. The molecule has 1 rings (SSSR count). The number of nitrogens with zero attached hydrogens (tertiary/aromatic N) is 1. The van der Waals surface area contributed by atoms with Crippen LogP contribution in [0.2, 0.25) is 0 Å². The Kier molecular flexibility index (Phi) is 5.75.